The zero-order valence-electron chi connectivity index (χ0n) is 15.2. The van der Waals surface area contributed by atoms with Gasteiger partial charge in [-0.2, -0.15) is 0 Å². The van der Waals surface area contributed by atoms with E-state index in [-0.39, 0.29) is 6.04 Å². The lowest BCUT2D eigenvalue weighted by Gasteiger charge is -2.17. The SMILES string of the molecule is Cc1ccc(COc2ccc(Br)cc2CNC(C)c2ccccc2)cc1. The Morgan fingerprint density at radius 1 is 0.962 bits per heavy atom. The van der Waals surface area contributed by atoms with Crippen LogP contribution in [0, 0.1) is 6.92 Å². The third-order valence-electron chi connectivity index (χ3n) is 4.44. The van der Waals surface area contributed by atoms with Crippen molar-refractivity contribution in [2.75, 3.05) is 0 Å². The topological polar surface area (TPSA) is 21.3 Å². The summed E-state index contributed by atoms with van der Waals surface area (Å²) in [7, 11) is 0. The Labute approximate surface area is 164 Å². The van der Waals surface area contributed by atoms with E-state index in [4.69, 9.17) is 4.74 Å². The second-order valence-corrected chi connectivity index (χ2v) is 7.46. The van der Waals surface area contributed by atoms with Crippen molar-refractivity contribution in [1.29, 1.82) is 0 Å². The number of ether oxygens (including phenoxy) is 1. The van der Waals surface area contributed by atoms with Crippen LogP contribution >= 0.6 is 15.9 Å². The van der Waals surface area contributed by atoms with Crippen molar-refractivity contribution in [2.24, 2.45) is 0 Å². The summed E-state index contributed by atoms with van der Waals surface area (Å²) in [6, 6.07) is 25.4. The average Bonchev–Trinajstić information content (AvgIpc) is 2.67. The summed E-state index contributed by atoms with van der Waals surface area (Å²) in [6.45, 7) is 5.60. The van der Waals surface area contributed by atoms with Gasteiger partial charge in [0.25, 0.3) is 0 Å². The molecule has 0 saturated heterocycles. The maximum atomic E-state index is 6.10. The molecule has 0 fully saturated rings. The Morgan fingerprint density at radius 2 is 1.69 bits per heavy atom. The van der Waals surface area contributed by atoms with Crippen LogP contribution in [-0.2, 0) is 13.2 Å². The Kier molecular flexibility index (Phi) is 6.48. The molecule has 0 aliphatic carbocycles. The lowest BCUT2D eigenvalue weighted by molar-refractivity contribution is 0.301. The number of hydrogen-bond acceptors (Lipinski definition) is 2. The lowest BCUT2D eigenvalue weighted by atomic mass is 10.1. The van der Waals surface area contributed by atoms with Gasteiger partial charge in [-0.15, -0.1) is 0 Å². The predicted molar refractivity (Wildman–Crippen MR) is 111 cm³/mol. The summed E-state index contributed by atoms with van der Waals surface area (Å²) in [5, 5.41) is 3.59. The second-order valence-electron chi connectivity index (χ2n) is 6.54. The monoisotopic (exact) mass is 409 g/mol. The van der Waals surface area contributed by atoms with Crippen molar-refractivity contribution >= 4 is 15.9 Å². The highest BCUT2D eigenvalue weighted by molar-refractivity contribution is 9.10. The van der Waals surface area contributed by atoms with Crippen molar-refractivity contribution < 1.29 is 4.74 Å². The molecule has 0 heterocycles. The minimum atomic E-state index is 0.278. The standard InChI is InChI=1S/C23H24BrNO/c1-17-8-10-19(11-9-17)16-26-23-13-12-22(24)14-21(23)15-25-18(2)20-6-4-3-5-7-20/h3-14,18,25H,15-16H2,1-2H3. The molecule has 1 atom stereocenters. The molecular formula is C23H24BrNO. The van der Waals surface area contributed by atoms with E-state index >= 15 is 0 Å². The Morgan fingerprint density at radius 3 is 2.42 bits per heavy atom. The number of halogens is 1. The van der Waals surface area contributed by atoms with Crippen LogP contribution in [0.25, 0.3) is 0 Å². The smallest absolute Gasteiger partial charge is 0.124 e. The van der Waals surface area contributed by atoms with Gasteiger partial charge in [-0.05, 0) is 43.2 Å². The zero-order valence-corrected chi connectivity index (χ0v) is 16.8. The molecule has 3 aromatic carbocycles. The van der Waals surface area contributed by atoms with Gasteiger partial charge in [-0.3, -0.25) is 0 Å². The molecule has 0 amide bonds. The van der Waals surface area contributed by atoms with E-state index in [1.165, 1.54) is 16.7 Å². The molecule has 134 valence electrons. The molecule has 1 N–H and O–H groups in total. The fourth-order valence-corrected chi connectivity index (χ4v) is 3.20. The molecule has 26 heavy (non-hydrogen) atoms. The van der Waals surface area contributed by atoms with Gasteiger partial charge in [0.2, 0.25) is 0 Å². The van der Waals surface area contributed by atoms with E-state index in [0.29, 0.717) is 6.61 Å². The maximum absolute atomic E-state index is 6.10. The molecule has 3 aromatic rings. The first-order valence-electron chi connectivity index (χ1n) is 8.87. The van der Waals surface area contributed by atoms with Gasteiger partial charge in [0.05, 0.1) is 0 Å². The van der Waals surface area contributed by atoms with Gasteiger partial charge in [0, 0.05) is 22.6 Å². The first kappa shape index (κ1) is 18.7. The number of hydrogen-bond donors (Lipinski definition) is 1. The van der Waals surface area contributed by atoms with Crippen LogP contribution in [-0.4, -0.2) is 0 Å². The average molecular weight is 410 g/mol. The van der Waals surface area contributed by atoms with Crippen LogP contribution in [0.4, 0.5) is 0 Å². The normalized spacial score (nSPS) is 12.0. The Hall–Kier alpha value is -2.10. The van der Waals surface area contributed by atoms with Gasteiger partial charge < -0.3 is 10.1 Å². The van der Waals surface area contributed by atoms with Gasteiger partial charge >= 0.3 is 0 Å². The van der Waals surface area contributed by atoms with Crippen LogP contribution in [0.2, 0.25) is 0 Å². The summed E-state index contributed by atoms with van der Waals surface area (Å²) in [4.78, 5) is 0. The predicted octanol–water partition coefficient (Wildman–Crippen LogP) is 6.19. The first-order chi connectivity index (χ1) is 12.6. The largest absolute Gasteiger partial charge is 0.489 e. The molecule has 2 nitrogen and oxygen atoms in total. The fourth-order valence-electron chi connectivity index (χ4n) is 2.79. The molecule has 3 rings (SSSR count). The molecule has 0 radical (unpaired) electrons. The van der Waals surface area contributed by atoms with Gasteiger partial charge in [0.15, 0.2) is 0 Å². The molecule has 1 unspecified atom stereocenters. The lowest BCUT2D eigenvalue weighted by Crippen LogP contribution is -2.18. The Balaban J connectivity index is 1.66. The third-order valence-corrected chi connectivity index (χ3v) is 4.93. The van der Waals surface area contributed by atoms with E-state index in [0.717, 1.165) is 22.3 Å². The molecule has 0 aliphatic rings. The van der Waals surface area contributed by atoms with Crippen LogP contribution in [0.5, 0.6) is 5.75 Å². The molecule has 3 heteroatoms. The summed E-state index contributed by atoms with van der Waals surface area (Å²) in [5.41, 5.74) is 4.87. The Bertz CT molecular complexity index is 831. The highest BCUT2D eigenvalue weighted by Crippen LogP contribution is 2.25. The third kappa shape index (κ3) is 5.20. The van der Waals surface area contributed by atoms with E-state index in [9.17, 15) is 0 Å². The van der Waals surface area contributed by atoms with Crippen molar-refractivity contribution in [3.8, 4) is 5.75 Å². The highest BCUT2D eigenvalue weighted by Gasteiger charge is 2.09. The molecular weight excluding hydrogens is 386 g/mol. The van der Waals surface area contributed by atoms with Crippen LogP contribution in [0.15, 0.2) is 77.3 Å². The number of rotatable bonds is 7. The maximum Gasteiger partial charge on any atom is 0.124 e. The van der Waals surface area contributed by atoms with Gasteiger partial charge in [0.1, 0.15) is 12.4 Å². The molecule has 0 spiro atoms. The van der Waals surface area contributed by atoms with Crippen LogP contribution in [0.3, 0.4) is 0 Å². The summed E-state index contributed by atoms with van der Waals surface area (Å²) >= 11 is 3.57. The second kappa shape index (κ2) is 9.02. The minimum Gasteiger partial charge on any atom is -0.489 e. The first-order valence-corrected chi connectivity index (χ1v) is 9.66. The molecule has 0 saturated carbocycles. The summed E-state index contributed by atoms with van der Waals surface area (Å²) < 4.78 is 7.15. The van der Waals surface area contributed by atoms with Crippen LogP contribution < -0.4 is 10.1 Å². The van der Waals surface area contributed by atoms with E-state index in [2.05, 4.69) is 89.7 Å². The van der Waals surface area contributed by atoms with Crippen LogP contribution in [0.1, 0.15) is 35.2 Å². The minimum absolute atomic E-state index is 0.278. The molecule has 0 bridgehead atoms. The highest BCUT2D eigenvalue weighted by atomic mass is 79.9. The van der Waals surface area contributed by atoms with Crippen molar-refractivity contribution in [1.82, 2.24) is 5.32 Å². The summed E-state index contributed by atoms with van der Waals surface area (Å²) in [5.74, 6) is 0.918. The molecule has 0 aliphatic heterocycles. The number of benzene rings is 3. The van der Waals surface area contributed by atoms with E-state index in [1.807, 2.05) is 18.2 Å². The zero-order chi connectivity index (χ0) is 18.4. The van der Waals surface area contributed by atoms with Gasteiger partial charge in [-0.1, -0.05) is 76.1 Å². The van der Waals surface area contributed by atoms with Crippen molar-refractivity contribution in [3.05, 3.63) is 99.5 Å². The fraction of sp³-hybridized carbons (Fsp3) is 0.217. The van der Waals surface area contributed by atoms with E-state index < -0.39 is 0 Å². The van der Waals surface area contributed by atoms with Crippen molar-refractivity contribution in [2.45, 2.75) is 33.0 Å². The molecule has 0 aromatic heterocycles. The number of aryl methyl sites for hydroxylation is 1. The van der Waals surface area contributed by atoms with E-state index in [1.54, 1.807) is 0 Å². The quantitative estimate of drug-likeness (QED) is 0.502. The van der Waals surface area contributed by atoms with Crippen molar-refractivity contribution in [3.63, 3.8) is 0 Å². The summed E-state index contributed by atoms with van der Waals surface area (Å²) in [6.07, 6.45) is 0. The number of nitrogens with one attached hydrogen (secondary N) is 1. The van der Waals surface area contributed by atoms with Gasteiger partial charge in [-0.25, -0.2) is 0 Å².